The molecule has 1 aromatic carbocycles. The van der Waals surface area contributed by atoms with E-state index in [-0.39, 0.29) is 5.91 Å². The first-order valence-electron chi connectivity index (χ1n) is 4.88. The molecule has 2 atom stereocenters. The van der Waals surface area contributed by atoms with Gasteiger partial charge in [-0.05, 0) is 17.7 Å². The Morgan fingerprint density at radius 1 is 1.44 bits per heavy atom. The van der Waals surface area contributed by atoms with E-state index < -0.39 is 12.0 Å². The number of carbonyl (C=O) groups is 1. The molecule has 3 nitrogen and oxygen atoms in total. The van der Waals surface area contributed by atoms with Crippen molar-refractivity contribution in [3.05, 3.63) is 33.8 Å². The van der Waals surface area contributed by atoms with Crippen molar-refractivity contribution in [1.29, 1.82) is 0 Å². The standard InChI is InChI=1S/C11H11Cl2NO2/c1-14-5-9(15)10(11(14)16)7-3-2-6(12)4-8(7)13/h2-4,9-10,15H,5H2,1H3. The molecule has 1 heterocycles. The normalized spacial score (nSPS) is 25.2. The lowest BCUT2D eigenvalue weighted by atomic mass is 9.95. The number of halogens is 2. The van der Waals surface area contributed by atoms with Crippen LogP contribution < -0.4 is 0 Å². The second-order valence-corrected chi connectivity index (χ2v) is 4.77. The van der Waals surface area contributed by atoms with Crippen LogP contribution in [0, 0.1) is 0 Å². The van der Waals surface area contributed by atoms with Crippen molar-refractivity contribution in [1.82, 2.24) is 4.90 Å². The van der Waals surface area contributed by atoms with E-state index >= 15 is 0 Å². The zero-order chi connectivity index (χ0) is 11.9. The summed E-state index contributed by atoms with van der Waals surface area (Å²) in [5.74, 6) is -0.688. The molecule has 0 aromatic heterocycles. The molecule has 1 aromatic rings. The Balaban J connectivity index is 2.40. The summed E-state index contributed by atoms with van der Waals surface area (Å²) in [5, 5.41) is 10.8. The number of hydrogen-bond donors (Lipinski definition) is 1. The Morgan fingerprint density at radius 3 is 2.62 bits per heavy atom. The Bertz CT molecular complexity index is 436. The first-order valence-corrected chi connectivity index (χ1v) is 5.64. The number of rotatable bonds is 1. The molecular weight excluding hydrogens is 249 g/mol. The third-order valence-corrected chi connectivity index (χ3v) is 3.35. The molecule has 0 spiro atoms. The maximum atomic E-state index is 11.8. The van der Waals surface area contributed by atoms with Crippen LogP contribution in [0.4, 0.5) is 0 Å². The second kappa shape index (κ2) is 4.24. The van der Waals surface area contributed by atoms with Gasteiger partial charge in [-0.1, -0.05) is 29.3 Å². The quantitative estimate of drug-likeness (QED) is 0.837. The van der Waals surface area contributed by atoms with Crippen LogP contribution in [0.3, 0.4) is 0 Å². The van der Waals surface area contributed by atoms with Gasteiger partial charge in [-0.25, -0.2) is 0 Å². The molecule has 16 heavy (non-hydrogen) atoms. The van der Waals surface area contributed by atoms with Gasteiger partial charge < -0.3 is 10.0 Å². The highest BCUT2D eigenvalue weighted by molar-refractivity contribution is 6.35. The van der Waals surface area contributed by atoms with E-state index in [4.69, 9.17) is 23.2 Å². The molecule has 5 heteroatoms. The van der Waals surface area contributed by atoms with Gasteiger partial charge in [0.15, 0.2) is 0 Å². The number of β-amino-alcohol motifs (C(OH)–C–C–N with tert-alkyl or cyclic N) is 1. The number of aliphatic hydroxyl groups excluding tert-OH is 1. The molecule has 1 aliphatic rings. The largest absolute Gasteiger partial charge is 0.390 e. The molecule has 86 valence electrons. The van der Waals surface area contributed by atoms with E-state index in [0.717, 1.165) is 0 Å². The maximum Gasteiger partial charge on any atom is 0.232 e. The number of carbonyl (C=O) groups excluding carboxylic acids is 1. The molecule has 1 amide bonds. The van der Waals surface area contributed by atoms with Gasteiger partial charge in [0.05, 0.1) is 12.0 Å². The van der Waals surface area contributed by atoms with Crippen molar-refractivity contribution >= 4 is 29.1 Å². The highest BCUT2D eigenvalue weighted by Crippen LogP contribution is 2.34. The lowest BCUT2D eigenvalue weighted by Crippen LogP contribution is -2.21. The average Bonchev–Trinajstić information content (AvgIpc) is 2.43. The number of likely N-dealkylation sites (tertiary alicyclic amines) is 1. The number of nitrogens with zero attached hydrogens (tertiary/aromatic N) is 1. The maximum absolute atomic E-state index is 11.8. The van der Waals surface area contributed by atoms with Crippen molar-refractivity contribution in [3.8, 4) is 0 Å². The molecule has 0 bridgehead atoms. The predicted molar refractivity (Wildman–Crippen MR) is 62.8 cm³/mol. The van der Waals surface area contributed by atoms with Gasteiger partial charge in [0.25, 0.3) is 0 Å². The van der Waals surface area contributed by atoms with Crippen molar-refractivity contribution in [2.45, 2.75) is 12.0 Å². The Hall–Kier alpha value is -0.770. The molecule has 1 N–H and O–H groups in total. The van der Waals surface area contributed by atoms with E-state index in [1.165, 1.54) is 4.90 Å². The van der Waals surface area contributed by atoms with E-state index in [9.17, 15) is 9.90 Å². The van der Waals surface area contributed by atoms with Gasteiger partial charge in [-0.15, -0.1) is 0 Å². The third-order valence-electron chi connectivity index (χ3n) is 2.79. The summed E-state index contributed by atoms with van der Waals surface area (Å²) in [6, 6.07) is 4.94. The van der Waals surface area contributed by atoms with Crippen LogP contribution >= 0.6 is 23.2 Å². The summed E-state index contributed by atoms with van der Waals surface area (Å²) in [7, 11) is 1.66. The minimum Gasteiger partial charge on any atom is -0.390 e. The third kappa shape index (κ3) is 1.90. The van der Waals surface area contributed by atoms with Gasteiger partial charge in [-0.3, -0.25) is 4.79 Å². The van der Waals surface area contributed by atoms with Crippen LogP contribution in [-0.2, 0) is 4.79 Å². The van der Waals surface area contributed by atoms with Crippen LogP contribution in [0.2, 0.25) is 10.0 Å². The van der Waals surface area contributed by atoms with Crippen molar-refractivity contribution in [3.63, 3.8) is 0 Å². The molecule has 2 unspecified atom stereocenters. The second-order valence-electron chi connectivity index (χ2n) is 3.93. The van der Waals surface area contributed by atoms with Gasteiger partial charge in [-0.2, -0.15) is 0 Å². The van der Waals surface area contributed by atoms with Gasteiger partial charge in [0.2, 0.25) is 5.91 Å². The molecule has 1 fully saturated rings. The first-order chi connectivity index (χ1) is 7.50. The van der Waals surface area contributed by atoms with E-state index in [1.54, 1.807) is 25.2 Å². The van der Waals surface area contributed by atoms with Crippen LogP contribution in [0.5, 0.6) is 0 Å². The highest BCUT2D eigenvalue weighted by Gasteiger charge is 2.39. The Morgan fingerprint density at radius 2 is 2.12 bits per heavy atom. The lowest BCUT2D eigenvalue weighted by Gasteiger charge is -2.14. The summed E-state index contributed by atoms with van der Waals surface area (Å²) < 4.78 is 0. The zero-order valence-corrected chi connectivity index (χ0v) is 10.2. The fraction of sp³-hybridized carbons (Fsp3) is 0.364. The highest BCUT2D eigenvalue weighted by atomic mass is 35.5. The summed E-state index contributed by atoms with van der Waals surface area (Å²) >= 11 is 11.8. The molecule has 0 saturated carbocycles. The van der Waals surface area contributed by atoms with Crippen molar-refractivity contribution in [2.75, 3.05) is 13.6 Å². The zero-order valence-electron chi connectivity index (χ0n) is 8.65. The van der Waals surface area contributed by atoms with Crippen molar-refractivity contribution < 1.29 is 9.90 Å². The average molecular weight is 260 g/mol. The van der Waals surface area contributed by atoms with Gasteiger partial charge in [0.1, 0.15) is 0 Å². The number of aliphatic hydroxyl groups is 1. The van der Waals surface area contributed by atoms with Crippen LogP contribution in [0.1, 0.15) is 11.5 Å². The topological polar surface area (TPSA) is 40.5 Å². The van der Waals surface area contributed by atoms with Crippen LogP contribution in [0.25, 0.3) is 0 Å². The van der Waals surface area contributed by atoms with E-state index in [0.29, 0.717) is 22.2 Å². The predicted octanol–water partition coefficient (Wildman–Crippen LogP) is 1.91. The summed E-state index contributed by atoms with van der Waals surface area (Å²) in [6.45, 7) is 0.336. The molecular formula is C11H11Cl2NO2. The molecule has 0 aliphatic carbocycles. The molecule has 1 aliphatic heterocycles. The molecule has 1 saturated heterocycles. The number of likely N-dealkylation sites (N-methyl/N-ethyl adjacent to an activating group) is 1. The molecule has 0 radical (unpaired) electrons. The van der Waals surface area contributed by atoms with E-state index in [2.05, 4.69) is 0 Å². The fourth-order valence-electron chi connectivity index (χ4n) is 1.97. The van der Waals surface area contributed by atoms with Crippen molar-refractivity contribution in [2.24, 2.45) is 0 Å². The fourth-order valence-corrected chi connectivity index (χ4v) is 2.50. The Labute approximate surface area is 104 Å². The summed E-state index contributed by atoms with van der Waals surface area (Å²) in [5.41, 5.74) is 0.632. The molecule has 2 rings (SSSR count). The minimum atomic E-state index is -0.712. The smallest absolute Gasteiger partial charge is 0.232 e. The summed E-state index contributed by atoms with van der Waals surface area (Å²) in [4.78, 5) is 13.3. The SMILES string of the molecule is CN1CC(O)C(c2ccc(Cl)cc2Cl)C1=O. The van der Waals surface area contributed by atoms with Crippen LogP contribution in [-0.4, -0.2) is 35.6 Å². The monoisotopic (exact) mass is 259 g/mol. The van der Waals surface area contributed by atoms with Gasteiger partial charge in [0, 0.05) is 23.6 Å². The number of benzene rings is 1. The summed E-state index contributed by atoms with van der Waals surface area (Å²) in [6.07, 6.45) is -0.712. The van der Waals surface area contributed by atoms with Crippen LogP contribution in [0.15, 0.2) is 18.2 Å². The first kappa shape index (κ1) is 11.7. The lowest BCUT2D eigenvalue weighted by molar-refractivity contribution is -0.128. The number of amides is 1. The Kier molecular flexibility index (Phi) is 3.10. The minimum absolute atomic E-state index is 0.114. The van der Waals surface area contributed by atoms with E-state index in [1.807, 2.05) is 0 Å². The van der Waals surface area contributed by atoms with Gasteiger partial charge >= 0.3 is 0 Å². The number of hydrogen-bond acceptors (Lipinski definition) is 2.